The summed E-state index contributed by atoms with van der Waals surface area (Å²) in [6.45, 7) is 2.15. The largest absolute Gasteiger partial charge is 0.476 e. The zero-order valence-corrected chi connectivity index (χ0v) is 12.6. The summed E-state index contributed by atoms with van der Waals surface area (Å²) in [7, 11) is 0. The standard InChI is InChI=1S/C16H17ClN2O2/c1-2-10-7-8-13-11(9-10)15(16(20)21)18-19(13)14-6-4-3-5-12(14)17/h3-6,10H,2,7-9H2,1H3,(H,20,21). The number of aromatic carboxylic acids is 1. The molecular formula is C16H17ClN2O2. The molecule has 0 saturated carbocycles. The van der Waals surface area contributed by atoms with Crippen LogP contribution >= 0.6 is 11.6 Å². The first-order valence-corrected chi connectivity index (χ1v) is 7.58. The van der Waals surface area contributed by atoms with E-state index in [0.29, 0.717) is 10.9 Å². The van der Waals surface area contributed by atoms with Crippen LogP contribution in [0.1, 0.15) is 41.5 Å². The molecule has 0 saturated heterocycles. The third-order valence-corrected chi connectivity index (χ3v) is 4.55. The lowest BCUT2D eigenvalue weighted by atomic mass is 9.85. The number of hydrogen-bond donors (Lipinski definition) is 1. The van der Waals surface area contributed by atoms with Crippen molar-refractivity contribution in [2.75, 3.05) is 0 Å². The Morgan fingerprint density at radius 3 is 2.90 bits per heavy atom. The monoisotopic (exact) mass is 304 g/mol. The molecule has 1 aromatic carbocycles. The van der Waals surface area contributed by atoms with E-state index in [2.05, 4.69) is 12.0 Å². The van der Waals surface area contributed by atoms with Crippen LogP contribution in [-0.4, -0.2) is 20.9 Å². The van der Waals surface area contributed by atoms with Gasteiger partial charge in [-0.25, -0.2) is 9.48 Å². The molecule has 1 N–H and O–H groups in total. The van der Waals surface area contributed by atoms with Gasteiger partial charge in [0.2, 0.25) is 0 Å². The summed E-state index contributed by atoms with van der Waals surface area (Å²) >= 11 is 6.24. The molecule has 0 fully saturated rings. The lowest BCUT2D eigenvalue weighted by Crippen LogP contribution is -2.16. The molecule has 2 aromatic rings. The molecule has 0 radical (unpaired) electrons. The lowest BCUT2D eigenvalue weighted by molar-refractivity contribution is 0.0688. The van der Waals surface area contributed by atoms with Crippen molar-refractivity contribution in [3.63, 3.8) is 0 Å². The third kappa shape index (κ3) is 2.44. The maximum absolute atomic E-state index is 11.5. The highest BCUT2D eigenvalue weighted by Gasteiger charge is 2.29. The minimum absolute atomic E-state index is 0.170. The van der Waals surface area contributed by atoms with Crippen LogP contribution in [0.15, 0.2) is 24.3 Å². The van der Waals surface area contributed by atoms with E-state index in [0.717, 1.165) is 42.6 Å². The van der Waals surface area contributed by atoms with Gasteiger partial charge in [0.15, 0.2) is 5.69 Å². The van der Waals surface area contributed by atoms with E-state index in [1.54, 1.807) is 10.7 Å². The van der Waals surface area contributed by atoms with Crippen molar-refractivity contribution in [3.8, 4) is 5.69 Å². The lowest BCUT2D eigenvalue weighted by Gasteiger charge is -2.22. The van der Waals surface area contributed by atoms with Crippen molar-refractivity contribution in [2.45, 2.75) is 32.6 Å². The van der Waals surface area contributed by atoms with Crippen LogP contribution in [0.25, 0.3) is 5.69 Å². The molecule has 1 atom stereocenters. The molecule has 0 spiro atoms. The zero-order valence-electron chi connectivity index (χ0n) is 11.8. The van der Waals surface area contributed by atoms with Gasteiger partial charge in [-0.3, -0.25) is 0 Å². The van der Waals surface area contributed by atoms with Gasteiger partial charge < -0.3 is 5.11 Å². The molecule has 1 aromatic heterocycles. The van der Waals surface area contributed by atoms with Crippen LogP contribution in [0.2, 0.25) is 5.02 Å². The molecule has 0 aliphatic heterocycles. The number of nitrogens with zero attached hydrogens (tertiary/aromatic N) is 2. The summed E-state index contributed by atoms with van der Waals surface area (Å²) in [5.41, 5.74) is 2.78. The van der Waals surface area contributed by atoms with Gasteiger partial charge in [0.25, 0.3) is 0 Å². The molecule has 3 rings (SSSR count). The molecule has 4 nitrogen and oxygen atoms in total. The first-order valence-electron chi connectivity index (χ1n) is 7.20. The Morgan fingerprint density at radius 2 is 2.24 bits per heavy atom. The van der Waals surface area contributed by atoms with Crippen molar-refractivity contribution < 1.29 is 9.90 Å². The van der Waals surface area contributed by atoms with Gasteiger partial charge in [0.05, 0.1) is 10.7 Å². The summed E-state index contributed by atoms with van der Waals surface area (Å²) in [4.78, 5) is 11.5. The van der Waals surface area contributed by atoms with Crippen molar-refractivity contribution in [1.82, 2.24) is 9.78 Å². The van der Waals surface area contributed by atoms with Crippen molar-refractivity contribution in [3.05, 3.63) is 46.2 Å². The number of para-hydroxylation sites is 1. The van der Waals surface area contributed by atoms with E-state index in [4.69, 9.17) is 11.6 Å². The average Bonchev–Trinajstić information content (AvgIpc) is 2.86. The van der Waals surface area contributed by atoms with Gasteiger partial charge in [0.1, 0.15) is 0 Å². The molecule has 1 aliphatic rings. The molecule has 21 heavy (non-hydrogen) atoms. The predicted molar refractivity (Wildman–Crippen MR) is 81.3 cm³/mol. The summed E-state index contributed by atoms with van der Waals surface area (Å²) in [5.74, 6) is -0.423. The molecule has 1 heterocycles. The Hall–Kier alpha value is -1.81. The quantitative estimate of drug-likeness (QED) is 0.940. The second kappa shape index (κ2) is 5.53. The van der Waals surface area contributed by atoms with E-state index in [-0.39, 0.29) is 5.69 Å². The number of benzene rings is 1. The fraction of sp³-hybridized carbons (Fsp3) is 0.375. The molecular weight excluding hydrogens is 288 g/mol. The van der Waals surface area contributed by atoms with E-state index >= 15 is 0 Å². The second-order valence-electron chi connectivity index (χ2n) is 5.46. The van der Waals surface area contributed by atoms with Gasteiger partial charge in [-0.1, -0.05) is 37.1 Å². The fourth-order valence-corrected chi connectivity index (χ4v) is 3.25. The number of aromatic nitrogens is 2. The fourth-order valence-electron chi connectivity index (χ4n) is 3.03. The van der Waals surface area contributed by atoms with Gasteiger partial charge >= 0.3 is 5.97 Å². The summed E-state index contributed by atoms with van der Waals surface area (Å²) in [5, 5.41) is 14.3. The minimum atomic E-state index is -0.964. The molecule has 0 amide bonds. The van der Waals surface area contributed by atoms with Crippen LogP contribution in [0.3, 0.4) is 0 Å². The maximum atomic E-state index is 11.5. The highest BCUT2D eigenvalue weighted by molar-refractivity contribution is 6.32. The van der Waals surface area contributed by atoms with Gasteiger partial charge in [0, 0.05) is 11.3 Å². The van der Waals surface area contributed by atoms with Crippen LogP contribution in [0.4, 0.5) is 0 Å². The Bertz CT molecular complexity index is 694. The number of hydrogen-bond acceptors (Lipinski definition) is 2. The van der Waals surface area contributed by atoms with E-state index in [9.17, 15) is 9.90 Å². The SMILES string of the molecule is CCC1CCc2c(c(C(=O)O)nn2-c2ccccc2Cl)C1. The number of rotatable bonds is 3. The summed E-state index contributed by atoms with van der Waals surface area (Å²) in [6.07, 6.45) is 3.77. The highest BCUT2D eigenvalue weighted by atomic mass is 35.5. The first kappa shape index (κ1) is 14.1. The Kier molecular flexibility index (Phi) is 3.72. The summed E-state index contributed by atoms with van der Waals surface area (Å²) < 4.78 is 1.72. The first-order chi connectivity index (χ1) is 10.1. The Morgan fingerprint density at radius 1 is 1.48 bits per heavy atom. The Balaban J connectivity index is 2.16. The van der Waals surface area contributed by atoms with E-state index in [1.165, 1.54) is 0 Å². The number of fused-ring (bicyclic) bond motifs is 1. The van der Waals surface area contributed by atoms with Crippen LogP contribution in [-0.2, 0) is 12.8 Å². The van der Waals surface area contributed by atoms with Crippen LogP contribution in [0.5, 0.6) is 0 Å². The maximum Gasteiger partial charge on any atom is 0.356 e. The number of carbonyl (C=O) groups is 1. The normalized spacial score (nSPS) is 17.5. The van der Waals surface area contributed by atoms with E-state index in [1.807, 2.05) is 18.2 Å². The topological polar surface area (TPSA) is 55.1 Å². The molecule has 0 bridgehead atoms. The third-order valence-electron chi connectivity index (χ3n) is 4.23. The number of carboxylic acids is 1. The average molecular weight is 305 g/mol. The number of halogens is 1. The molecule has 5 heteroatoms. The molecule has 1 unspecified atom stereocenters. The second-order valence-corrected chi connectivity index (χ2v) is 5.87. The molecule has 110 valence electrons. The minimum Gasteiger partial charge on any atom is -0.476 e. The van der Waals surface area contributed by atoms with Crippen molar-refractivity contribution >= 4 is 17.6 Å². The Labute approximate surface area is 128 Å². The predicted octanol–water partition coefficient (Wildman–Crippen LogP) is 3.74. The van der Waals surface area contributed by atoms with Crippen LogP contribution < -0.4 is 0 Å². The van der Waals surface area contributed by atoms with Gasteiger partial charge in [-0.2, -0.15) is 5.10 Å². The van der Waals surface area contributed by atoms with Crippen LogP contribution in [0, 0.1) is 5.92 Å². The van der Waals surface area contributed by atoms with Gasteiger partial charge in [-0.05, 0) is 37.3 Å². The van der Waals surface area contributed by atoms with Gasteiger partial charge in [-0.15, -0.1) is 0 Å². The van der Waals surface area contributed by atoms with E-state index < -0.39 is 5.97 Å². The zero-order chi connectivity index (χ0) is 15.0. The van der Waals surface area contributed by atoms with Crippen molar-refractivity contribution in [2.24, 2.45) is 5.92 Å². The number of carboxylic acid groups (broad SMARTS) is 1. The summed E-state index contributed by atoms with van der Waals surface area (Å²) in [6, 6.07) is 7.40. The van der Waals surface area contributed by atoms with Crippen molar-refractivity contribution in [1.29, 1.82) is 0 Å². The molecule has 1 aliphatic carbocycles. The highest BCUT2D eigenvalue weighted by Crippen LogP contribution is 2.32. The smallest absolute Gasteiger partial charge is 0.356 e.